The van der Waals surface area contributed by atoms with Gasteiger partial charge in [-0.25, -0.2) is 4.98 Å². The Kier molecular flexibility index (Phi) is 3.92. The first-order chi connectivity index (χ1) is 11.5. The molecule has 0 spiro atoms. The maximum Gasteiger partial charge on any atom is 0.259 e. The van der Waals surface area contributed by atoms with E-state index in [1.54, 1.807) is 11.3 Å². The lowest BCUT2D eigenvalue weighted by molar-refractivity contribution is -0.124. The van der Waals surface area contributed by atoms with Crippen LogP contribution in [-0.4, -0.2) is 40.4 Å². The summed E-state index contributed by atoms with van der Waals surface area (Å²) in [5.74, 6) is 1.36. The lowest BCUT2D eigenvalue weighted by Crippen LogP contribution is -2.48. The molecule has 2 aliphatic rings. The van der Waals surface area contributed by atoms with Crippen LogP contribution in [0.3, 0.4) is 0 Å². The molecular formula is C17H22N4O2S. The summed E-state index contributed by atoms with van der Waals surface area (Å²) < 4.78 is 0. The number of amides is 1. The first-order valence-electron chi connectivity index (χ1n) is 8.58. The third-order valence-electron chi connectivity index (χ3n) is 5.20. The molecule has 1 fully saturated rings. The van der Waals surface area contributed by atoms with Crippen LogP contribution in [0.4, 0.5) is 0 Å². The van der Waals surface area contributed by atoms with Gasteiger partial charge < -0.3 is 10.3 Å². The molecule has 1 aliphatic carbocycles. The highest BCUT2D eigenvalue weighted by Crippen LogP contribution is 2.36. The molecule has 0 unspecified atom stereocenters. The van der Waals surface area contributed by atoms with E-state index in [0.717, 1.165) is 36.0 Å². The Hall–Kier alpha value is -1.73. The SMILES string of the molecule is C[C@H]1CCc2c(sc3nc([C@H](C)N4CCNC(=O)C4)[nH]c(=O)c23)C1. The Balaban J connectivity index is 1.73. The molecule has 1 aliphatic heterocycles. The van der Waals surface area contributed by atoms with E-state index in [1.807, 2.05) is 6.92 Å². The number of nitrogens with zero attached hydrogens (tertiary/aromatic N) is 2. The number of aromatic amines is 1. The summed E-state index contributed by atoms with van der Waals surface area (Å²) in [5, 5.41) is 3.61. The maximum atomic E-state index is 12.7. The first-order valence-corrected chi connectivity index (χ1v) is 9.39. The lowest BCUT2D eigenvalue weighted by atomic mass is 9.89. The number of fused-ring (bicyclic) bond motifs is 3. The normalized spacial score (nSPS) is 23.1. The van der Waals surface area contributed by atoms with E-state index >= 15 is 0 Å². The van der Waals surface area contributed by atoms with Crippen molar-refractivity contribution in [2.75, 3.05) is 19.6 Å². The summed E-state index contributed by atoms with van der Waals surface area (Å²) in [4.78, 5) is 36.2. The Labute approximate surface area is 144 Å². The highest BCUT2D eigenvalue weighted by atomic mass is 32.1. The third-order valence-corrected chi connectivity index (χ3v) is 6.34. The smallest absolute Gasteiger partial charge is 0.259 e. The fraction of sp³-hybridized carbons (Fsp3) is 0.588. The van der Waals surface area contributed by atoms with Crippen molar-refractivity contribution in [3.63, 3.8) is 0 Å². The number of carbonyl (C=O) groups excluding carboxylic acids is 1. The molecule has 0 bridgehead atoms. The number of aryl methyl sites for hydroxylation is 1. The second-order valence-corrected chi connectivity index (χ2v) is 8.06. The van der Waals surface area contributed by atoms with E-state index in [1.165, 1.54) is 10.4 Å². The van der Waals surface area contributed by atoms with Gasteiger partial charge in [0.2, 0.25) is 5.91 Å². The number of aromatic nitrogens is 2. The number of carbonyl (C=O) groups is 1. The number of thiophene rings is 1. The highest BCUT2D eigenvalue weighted by molar-refractivity contribution is 7.18. The molecule has 24 heavy (non-hydrogen) atoms. The predicted octanol–water partition coefficient (Wildman–Crippen LogP) is 1.60. The Morgan fingerprint density at radius 1 is 1.38 bits per heavy atom. The standard InChI is InChI=1S/C17H22N4O2S/c1-9-3-4-11-12(7-9)24-17-14(11)16(23)19-15(20-17)10(2)21-6-5-18-13(22)8-21/h9-10H,3-8H2,1-2H3,(H,18,22)(H,19,20,23)/t9-,10-/m0/s1. The average Bonchev–Trinajstić information content (AvgIpc) is 2.91. The number of H-pyrrole nitrogens is 1. The van der Waals surface area contributed by atoms with Gasteiger partial charge in [0.25, 0.3) is 5.56 Å². The van der Waals surface area contributed by atoms with Crippen LogP contribution in [-0.2, 0) is 17.6 Å². The van der Waals surface area contributed by atoms with Crippen molar-refractivity contribution in [3.8, 4) is 0 Å². The van der Waals surface area contributed by atoms with Gasteiger partial charge in [0.15, 0.2) is 0 Å². The second-order valence-electron chi connectivity index (χ2n) is 6.98. The largest absolute Gasteiger partial charge is 0.354 e. The number of rotatable bonds is 2. The van der Waals surface area contributed by atoms with Gasteiger partial charge in [0.1, 0.15) is 10.7 Å². The van der Waals surface area contributed by atoms with Crippen molar-refractivity contribution in [2.24, 2.45) is 5.92 Å². The average molecular weight is 346 g/mol. The van der Waals surface area contributed by atoms with Crippen LogP contribution in [0.5, 0.6) is 0 Å². The van der Waals surface area contributed by atoms with Crippen molar-refractivity contribution in [2.45, 2.75) is 39.2 Å². The highest BCUT2D eigenvalue weighted by Gasteiger charge is 2.27. The summed E-state index contributed by atoms with van der Waals surface area (Å²) in [6.07, 6.45) is 3.16. The number of piperazine rings is 1. The van der Waals surface area contributed by atoms with Gasteiger partial charge in [0.05, 0.1) is 18.0 Å². The van der Waals surface area contributed by atoms with Gasteiger partial charge >= 0.3 is 0 Å². The maximum absolute atomic E-state index is 12.7. The minimum Gasteiger partial charge on any atom is -0.354 e. The van der Waals surface area contributed by atoms with E-state index in [9.17, 15) is 9.59 Å². The van der Waals surface area contributed by atoms with Gasteiger partial charge in [-0.2, -0.15) is 0 Å². The summed E-state index contributed by atoms with van der Waals surface area (Å²) in [6.45, 7) is 6.02. The van der Waals surface area contributed by atoms with Crippen LogP contribution in [0, 0.1) is 5.92 Å². The molecule has 4 rings (SSSR count). The van der Waals surface area contributed by atoms with E-state index in [4.69, 9.17) is 4.98 Å². The fourth-order valence-corrected chi connectivity index (χ4v) is 5.12. The van der Waals surface area contributed by atoms with E-state index in [-0.39, 0.29) is 17.5 Å². The molecule has 2 atom stereocenters. The minimum atomic E-state index is -0.0776. The molecule has 2 N–H and O–H groups in total. The summed E-state index contributed by atoms with van der Waals surface area (Å²) in [7, 11) is 0. The predicted molar refractivity (Wildman–Crippen MR) is 94.4 cm³/mol. The van der Waals surface area contributed by atoms with Crippen LogP contribution >= 0.6 is 11.3 Å². The minimum absolute atomic E-state index is 0.0251. The molecule has 0 aromatic carbocycles. The van der Waals surface area contributed by atoms with Crippen LogP contribution < -0.4 is 10.9 Å². The van der Waals surface area contributed by atoms with Crippen molar-refractivity contribution >= 4 is 27.5 Å². The van der Waals surface area contributed by atoms with Crippen molar-refractivity contribution in [3.05, 3.63) is 26.6 Å². The molecular weight excluding hydrogens is 324 g/mol. The van der Waals surface area contributed by atoms with Crippen LogP contribution in [0.1, 0.15) is 42.6 Å². The second kappa shape index (κ2) is 5.97. The zero-order chi connectivity index (χ0) is 16.8. The summed E-state index contributed by atoms with van der Waals surface area (Å²) >= 11 is 1.67. The van der Waals surface area contributed by atoms with E-state index in [2.05, 4.69) is 22.1 Å². The topological polar surface area (TPSA) is 78.1 Å². The molecule has 7 heteroatoms. The fourth-order valence-electron chi connectivity index (χ4n) is 3.73. The van der Waals surface area contributed by atoms with E-state index in [0.29, 0.717) is 24.8 Å². The van der Waals surface area contributed by atoms with Gasteiger partial charge in [0, 0.05) is 18.0 Å². The Morgan fingerprint density at radius 3 is 3.00 bits per heavy atom. The van der Waals surface area contributed by atoms with Gasteiger partial charge in [-0.15, -0.1) is 11.3 Å². The number of hydrogen-bond donors (Lipinski definition) is 2. The molecule has 128 valence electrons. The molecule has 2 aromatic heterocycles. The number of nitrogens with one attached hydrogen (secondary N) is 2. The van der Waals surface area contributed by atoms with Gasteiger partial charge in [-0.1, -0.05) is 6.92 Å². The van der Waals surface area contributed by atoms with Gasteiger partial charge in [-0.05, 0) is 37.7 Å². The monoisotopic (exact) mass is 346 g/mol. The quantitative estimate of drug-likeness (QED) is 0.866. The van der Waals surface area contributed by atoms with Gasteiger partial charge in [-0.3, -0.25) is 14.5 Å². The molecule has 1 saturated heterocycles. The van der Waals surface area contributed by atoms with Crippen LogP contribution in [0.15, 0.2) is 4.79 Å². The van der Waals surface area contributed by atoms with Crippen molar-refractivity contribution in [1.82, 2.24) is 20.2 Å². The lowest BCUT2D eigenvalue weighted by Gasteiger charge is -2.31. The molecule has 6 nitrogen and oxygen atoms in total. The molecule has 1 amide bonds. The zero-order valence-corrected chi connectivity index (χ0v) is 14.8. The third kappa shape index (κ3) is 2.65. The molecule has 2 aromatic rings. The van der Waals surface area contributed by atoms with E-state index < -0.39 is 0 Å². The number of hydrogen-bond acceptors (Lipinski definition) is 5. The zero-order valence-electron chi connectivity index (χ0n) is 14.0. The Morgan fingerprint density at radius 2 is 2.21 bits per heavy atom. The van der Waals surface area contributed by atoms with Crippen LogP contribution in [0.2, 0.25) is 0 Å². The molecule has 0 saturated carbocycles. The molecule has 3 heterocycles. The molecule has 0 radical (unpaired) electrons. The summed E-state index contributed by atoms with van der Waals surface area (Å²) in [6, 6.07) is -0.0776. The van der Waals surface area contributed by atoms with Crippen molar-refractivity contribution < 1.29 is 4.79 Å². The first kappa shape index (κ1) is 15.8. The van der Waals surface area contributed by atoms with Crippen molar-refractivity contribution in [1.29, 1.82) is 0 Å². The summed E-state index contributed by atoms with van der Waals surface area (Å²) in [5.41, 5.74) is 1.17. The Bertz CT molecular complexity index is 856. The van der Waals surface area contributed by atoms with Crippen LogP contribution in [0.25, 0.3) is 10.2 Å².